The third-order valence-corrected chi connectivity index (χ3v) is 4.07. The van der Waals surface area contributed by atoms with Crippen molar-refractivity contribution in [3.63, 3.8) is 0 Å². The molecule has 19 heavy (non-hydrogen) atoms. The van der Waals surface area contributed by atoms with Gasteiger partial charge in [0.1, 0.15) is 12.4 Å². The van der Waals surface area contributed by atoms with E-state index >= 15 is 0 Å². The second kappa shape index (κ2) is 7.15. The van der Waals surface area contributed by atoms with Gasteiger partial charge < -0.3 is 10.1 Å². The highest BCUT2D eigenvalue weighted by Gasteiger charge is 2.05. The average molecular weight is 316 g/mol. The van der Waals surface area contributed by atoms with Crippen molar-refractivity contribution < 1.29 is 4.74 Å². The van der Waals surface area contributed by atoms with Gasteiger partial charge in [-0.1, -0.05) is 36.2 Å². The smallest absolute Gasteiger partial charge is 0.138 e. The van der Waals surface area contributed by atoms with E-state index in [1.165, 1.54) is 11.3 Å². The standard InChI is InChI=1S/C14H15Cl2NOS/c1-2-17-8-10-3-5-13(12(15)7-10)18-9-11-4-6-14(16)19-11/h3-7,17H,2,8-9H2,1H3. The third-order valence-electron chi connectivity index (χ3n) is 2.57. The lowest BCUT2D eigenvalue weighted by molar-refractivity contribution is 0.310. The summed E-state index contributed by atoms with van der Waals surface area (Å²) >= 11 is 13.6. The topological polar surface area (TPSA) is 21.3 Å². The Kier molecular flexibility index (Phi) is 5.52. The van der Waals surface area contributed by atoms with Crippen molar-refractivity contribution in [3.8, 4) is 5.75 Å². The summed E-state index contributed by atoms with van der Waals surface area (Å²) in [7, 11) is 0. The molecule has 2 rings (SSSR count). The van der Waals surface area contributed by atoms with E-state index in [4.69, 9.17) is 27.9 Å². The highest BCUT2D eigenvalue weighted by Crippen LogP contribution is 2.28. The van der Waals surface area contributed by atoms with Gasteiger partial charge >= 0.3 is 0 Å². The summed E-state index contributed by atoms with van der Waals surface area (Å²) < 4.78 is 6.46. The van der Waals surface area contributed by atoms with E-state index in [1.807, 2.05) is 30.3 Å². The van der Waals surface area contributed by atoms with Crippen molar-refractivity contribution in [1.82, 2.24) is 5.32 Å². The fraction of sp³-hybridized carbons (Fsp3) is 0.286. The van der Waals surface area contributed by atoms with Crippen LogP contribution in [0.1, 0.15) is 17.4 Å². The first-order valence-corrected chi connectivity index (χ1v) is 7.62. The van der Waals surface area contributed by atoms with Gasteiger partial charge in [-0.15, -0.1) is 11.3 Å². The van der Waals surface area contributed by atoms with E-state index in [2.05, 4.69) is 12.2 Å². The van der Waals surface area contributed by atoms with Crippen LogP contribution in [0, 0.1) is 0 Å². The van der Waals surface area contributed by atoms with Crippen molar-refractivity contribution in [2.45, 2.75) is 20.1 Å². The molecule has 0 aliphatic carbocycles. The molecule has 0 radical (unpaired) electrons. The lowest BCUT2D eigenvalue weighted by atomic mass is 10.2. The summed E-state index contributed by atoms with van der Waals surface area (Å²) in [5, 5.41) is 3.90. The predicted molar refractivity (Wildman–Crippen MR) is 82.5 cm³/mol. The molecule has 5 heteroatoms. The van der Waals surface area contributed by atoms with Gasteiger partial charge in [-0.25, -0.2) is 0 Å². The van der Waals surface area contributed by atoms with E-state index in [-0.39, 0.29) is 0 Å². The highest BCUT2D eigenvalue weighted by atomic mass is 35.5. The average Bonchev–Trinajstić information content (AvgIpc) is 2.81. The van der Waals surface area contributed by atoms with Crippen LogP contribution in [0.4, 0.5) is 0 Å². The molecule has 0 bridgehead atoms. The number of ether oxygens (including phenoxy) is 1. The normalized spacial score (nSPS) is 10.7. The molecule has 2 aromatic rings. The van der Waals surface area contributed by atoms with Gasteiger partial charge in [0.25, 0.3) is 0 Å². The molecular weight excluding hydrogens is 301 g/mol. The fourth-order valence-corrected chi connectivity index (χ4v) is 2.88. The zero-order valence-electron chi connectivity index (χ0n) is 10.6. The van der Waals surface area contributed by atoms with Crippen LogP contribution in [0.25, 0.3) is 0 Å². The van der Waals surface area contributed by atoms with Crippen molar-refractivity contribution in [3.05, 3.63) is 50.1 Å². The molecule has 0 saturated carbocycles. The summed E-state index contributed by atoms with van der Waals surface area (Å²) in [6.45, 7) is 4.32. The maximum atomic E-state index is 6.20. The van der Waals surface area contributed by atoms with Crippen LogP contribution < -0.4 is 10.1 Å². The molecule has 1 heterocycles. The lowest BCUT2D eigenvalue weighted by Crippen LogP contribution is -2.11. The van der Waals surface area contributed by atoms with Crippen LogP contribution >= 0.6 is 34.5 Å². The maximum absolute atomic E-state index is 6.20. The first-order chi connectivity index (χ1) is 9.19. The maximum Gasteiger partial charge on any atom is 0.138 e. The van der Waals surface area contributed by atoms with Crippen molar-refractivity contribution >= 4 is 34.5 Å². The Hall–Kier alpha value is -0.740. The van der Waals surface area contributed by atoms with E-state index < -0.39 is 0 Å². The van der Waals surface area contributed by atoms with Gasteiger partial charge in [-0.3, -0.25) is 0 Å². The Balaban J connectivity index is 1.96. The molecule has 0 amide bonds. The predicted octanol–water partition coefficient (Wildman–Crippen LogP) is 4.74. The third kappa shape index (κ3) is 4.39. The Morgan fingerprint density at radius 2 is 2.05 bits per heavy atom. The molecule has 1 aromatic heterocycles. The number of hydrogen-bond donors (Lipinski definition) is 1. The van der Waals surface area contributed by atoms with Crippen molar-refractivity contribution in [2.75, 3.05) is 6.54 Å². The van der Waals surface area contributed by atoms with Crippen LogP contribution in [0.15, 0.2) is 30.3 Å². The molecule has 0 saturated heterocycles. The minimum absolute atomic E-state index is 0.490. The second-order valence-corrected chi connectivity index (χ2v) is 6.25. The Labute approximate surface area is 127 Å². The number of hydrogen-bond acceptors (Lipinski definition) is 3. The molecule has 1 N–H and O–H groups in total. The van der Waals surface area contributed by atoms with Gasteiger partial charge in [0, 0.05) is 11.4 Å². The minimum Gasteiger partial charge on any atom is -0.487 e. The van der Waals surface area contributed by atoms with E-state index in [1.54, 1.807) is 0 Å². The number of nitrogens with one attached hydrogen (secondary N) is 1. The summed E-state index contributed by atoms with van der Waals surface area (Å²) in [6, 6.07) is 9.68. The number of rotatable bonds is 6. The molecule has 0 fully saturated rings. The quantitative estimate of drug-likeness (QED) is 0.831. The highest BCUT2D eigenvalue weighted by molar-refractivity contribution is 7.16. The number of benzene rings is 1. The minimum atomic E-state index is 0.490. The van der Waals surface area contributed by atoms with Gasteiger partial charge in [-0.05, 0) is 36.4 Å². The van der Waals surface area contributed by atoms with Crippen LogP contribution in [-0.2, 0) is 13.2 Å². The molecule has 0 unspecified atom stereocenters. The Bertz CT molecular complexity index is 542. The first-order valence-electron chi connectivity index (χ1n) is 6.05. The van der Waals surface area contributed by atoms with E-state index in [0.717, 1.165) is 27.9 Å². The van der Waals surface area contributed by atoms with Crippen LogP contribution in [0.5, 0.6) is 5.75 Å². The zero-order chi connectivity index (χ0) is 13.7. The van der Waals surface area contributed by atoms with Crippen LogP contribution in [-0.4, -0.2) is 6.54 Å². The van der Waals surface area contributed by atoms with Gasteiger partial charge in [0.05, 0.1) is 9.36 Å². The monoisotopic (exact) mass is 315 g/mol. The first kappa shape index (κ1) is 14.7. The molecule has 0 atom stereocenters. The molecule has 0 spiro atoms. The van der Waals surface area contributed by atoms with E-state index in [9.17, 15) is 0 Å². The summed E-state index contributed by atoms with van der Waals surface area (Å²) in [6.07, 6.45) is 0. The number of thiophene rings is 1. The largest absolute Gasteiger partial charge is 0.487 e. The van der Waals surface area contributed by atoms with Crippen LogP contribution in [0.2, 0.25) is 9.36 Å². The lowest BCUT2D eigenvalue weighted by Gasteiger charge is -2.09. The molecular formula is C14H15Cl2NOS. The Morgan fingerprint density at radius 1 is 1.21 bits per heavy atom. The molecule has 2 nitrogen and oxygen atoms in total. The van der Waals surface area contributed by atoms with Gasteiger partial charge in [0.2, 0.25) is 0 Å². The van der Waals surface area contributed by atoms with Crippen molar-refractivity contribution in [1.29, 1.82) is 0 Å². The molecule has 102 valence electrons. The van der Waals surface area contributed by atoms with Crippen LogP contribution in [0.3, 0.4) is 0 Å². The summed E-state index contributed by atoms with van der Waals surface area (Å²) in [5.74, 6) is 0.700. The zero-order valence-corrected chi connectivity index (χ0v) is 12.9. The van der Waals surface area contributed by atoms with Crippen molar-refractivity contribution in [2.24, 2.45) is 0 Å². The number of halogens is 2. The summed E-state index contributed by atoms with van der Waals surface area (Å²) in [5.41, 5.74) is 1.15. The fourth-order valence-electron chi connectivity index (χ4n) is 1.62. The second-order valence-electron chi connectivity index (χ2n) is 4.04. The SMILES string of the molecule is CCNCc1ccc(OCc2ccc(Cl)s2)c(Cl)c1. The van der Waals surface area contributed by atoms with Gasteiger partial charge in [0.15, 0.2) is 0 Å². The van der Waals surface area contributed by atoms with E-state index in [0.29, 0.717) is 17.4 Å². The van der Waals surface area contributed by atoms with Gasteiger partial charge in [-0.2, -0.15) is 0 Å². The Morgan fingerprint density at radius 3 is 2.68 bits per heavy atom. The molecule has 0 aliphatic heterocycles. The molecule has 1 aromatic carbocycles. The summed E-state index contributed by atoms with van der Waals surface area (Å²) in [4.78, 5) is 1.08. The molecule has 0 aliphatic rings.